The molecule has 1 saturated heterocycles. The Morgan fingerprint density at radius 3 is 1.90 bits per heavy atom. The number of ketones is 1. The van der Waals surface area contributed by atoms with E-state index in [1.165, 1.54) is 0 Å². The van der Waals surface area contributed by atoms with E-state index < -0.39 is 0 Å². The van der Waals surface area contributed by atoms with Gasteiger partial charge in [-0.05, 0) is 48.2 Å². The van der Waals surface area contributed by atoms with Crippen LogP contribution < -0.4 is 0 Å². The smallest absolute Gasteiger partial charge is 0.253 e. The second-order valence-electron chi connectivity index (χ2n) is 7.38. The summed E-state index contributed by atoms with van der Waals surface area (Å²) in [5, 5.41) is 0.615. The van der Waals surface area contributed by atoms with Crippen LogP contribution in [0.4, 0.5) is 0 Å². The fourth-order valence-electron chi connectivity index (χ4n) is 3.81. The van der Waals surface area contributed by atoms with Gasteiger partial charge in [-0.1, -0.05) is 66.2 Å². The van der Waals surface area contributed by atoms with Gasteiger partial charge in [0.1, 0.15) is 0 Å². The number of rotatable bonds is 4. The largest absolute Gasteiger partial charge is 0.339 e. The molecule has 1 aliphatic heterocycles. The first-order valence-electron chi connectivity index (χ1n) is 9.86. The lowest BCUT2D eigenvalue weighted by atomic mass is 9.88. The Morgan fingerprint density at radius 2 is 1.28 bits per heavy atom. The lowest BCUT2D eigenvalue weighted by molar-refractivity contribution is 0.0650. The van der Waals surface area contributed by atoms with Gasteiger partial charge in [0, 0.05) is 35.2 Å². The Kier molecular flexibility index (Phi) is 5.77. The highest BCUT2D eigenvalue weighted by Gasteiger charge is 2.28. The topological polar surface area (TPSA) is 37.4 Å². The van der Waals surface area contributed by atoms with E-state index in [9.17, 15) is 9.59 Å². The van der Waals surface area contributed by atoms with Crippen LogP contribution in [0.5, 0.6) is 0 Å². The summed E-state index contributed by atoms with van der Waals surface area (Å²) >= 11 is 5.90. The first kappa shape index (κ1) is 19.4. The molecule has 4 rings (SSSR count). The molecule has 1 aliphatic rings. The summed E-state index contributed by atoms with van der Waals surface area (Å²) in [4.78, 5) is 27.4. The minimum Gasteiger partial charge on any atom is -0.339 e. The van der Waals surface area contributed by atoms with Crippen molar-refractivity contribution in [3.05, 3.63) is 95.0 Å². The van der Waals surface area contributed by atoms with E-state index >= 15 is 0 Å². The lowest BCUT2D eigenvalue weighted by Gasteiger charge is -2.31. The summed E-state index contributed by atoms with van der Waals surface area (Å²) in [6, 6.07) is 24.9. The fraction of sp³-hybridized carbons (Fsp3) is 0.200. The van der Waals surface area contributed by atoms with Crippen LogP contribution in [0.2, 0.25) is 5.02 Å². The maximum absolute atomic E-state index is 12.9. The third kappa shape index (κ3) is 4.41. The van der Waals surface area contributed by atoms with Crippen LogP contribution in [0.1, 0.15) is 33.6 Å². The Hall–Kier alpha value is -2.91. The molecule has 1 heterocycles. The number of hydrogen-bond acceptors (Lipinski definition) is 2. The molecule has 0 N–H and O–H groups in total. The lowest BCUT2D eigenvalue weighted by Crippen LogP contribution is -2.40. The van der Waals surface area contributed by atoms with Crippen LogP contribution in [0.3, 0.4) is 0 Å². The van der Waals surface area contributed by atoms with Gasteiger partial charge in [0.2, 0.25) is 0 Å². The van der Waals surface area contributed by atoms with Crippen LogP contribution in [-0.2, 0) is 0 Å². The predicted molar refractivity (Wildman–Crippen MR) is 116 cm³/mol. The monoisotopic (exact) mass is 403 g/mol. The molecule has 0 radical (unpaired) electrons. The van der Waals surface area contributed by atoms with E-state index in [1.807, 2.05) is 47.4 Å². The molecule has 3 nitrogen and oxygen atoms in total. The molecule has 0 atom stereocenters. The van der Waals surface area contributed by atoms with Gasteiger partial charge in [0.15, 0.2) is 5.78 Å². The van der Waals surface area contributed by atoms with Gasteiger partial charge in [0.25, 0.3) is 5.91 Å². The van der Waals surface area contributed by atoms with E-state index in [0.717, 1.165) is 16.7 Å². The van der Waals surface area contributed by atoms with Gasteiger partial charge >= 0.3 is 0 Å². The SMILES string of the molecule is O=C(c1ccc(-c2ccccc2)cc1)C1CCN(C(=O)c2ccc(Cl)cc2)CC1. The van der Waals surface area contributed by atoms with Crippen LogP contribution >= 0.6 is 11.6 Å². The normalized spacial score (nSPS) is 14.6. The molecule has 3 aromatic carbocycles. The number of benzene rings is 3. The maximum atomic E-state index is 12.9. The Labute approximate surface area is 175 Å². The van der Waals surface area contributed by atoms with Crippen molar-refractivity contribution in [3.63, 3.8) is 0 Å². The number of carbonyl (C=O) groups is 2. The molecule has 0 unspecified atom stereocenters. The van der Waals surface area contributed by atoms with Gasteiger partial charge in [-0.3, -0.25) is 9.59 Å². The summed E-state index contributed by atoms with van der Waals surface area (Å²) in [6.45, 7) is 1.19. The van der Waals surface area contributed by atoms with Crippen molar-refractivity contribution in [1.82, 2.24) is 4.90 Å². The number of Topliss-reactive ketones (excluding diaryl/α,β-unsaturated/α-hetero) is 1. The van der Waals surface area contributed by atoms with Crippen LogP contribution in [-0.4, -0.2) is 29.7 Å². The summed E-state index contributed by atoms with van der Waals surface area (Å²) in [6.07, 6.45) is 1.39. The molecule has 146 valence electrons. The Morgan fingerprint density at radius 1 is 0.724 bits per heavy atom. The quantitative estimate of drug-likeness (QED) is 0.521. The number of likely N-dealkylation sites (tertiary alicyclic amines) is 1. The number of hydrogen-bond donors (Lipinski definition) is 0. The second-order valence-corrected chi connectivity index (χ2v) is 7.82. The zero-order valence-corrected chi connectivity index (χ0v) is 16.8. The van der Waals surface area contributed by atoms with Crippen LogP contribution in [0.25, 0.3) is 11.1 Å². The van der Waals surface area contributed by atoms with Gasteiger partial charge in [-0.2, -0.15) is 0 Å². The molecule has 0 aromatic heterocycles. The predicted octanol–water partition coefficient (Wildman–Crippen LogP) is 5.74. The third-order valence-corrected chi connectivity index (χ3v) is 5.77. The molecule has 1 amide bonds. The van der Waals surface area contributed by atoms with Crippen molar-refractivity contribution in [3.8, 4) is 11.1 Å². The molecular formula is C25H22ClNO2. The number of amides is 1. The van der Waals surface area contributed by atoms with Crippen molar-refractivity contribution in [2.75, 3.05) is 13.1 Å². The van der Waals surface area contributed by atoms with Crippen LogP contribution in [0, 0.1) is 5.92 Å². The van der Waals surface area contributed by atoms with Crippen molar-refractivity contribution >= 4 is 23.3 Å². The highest BCUT2D eigenvalue weighted by molar-refractivity contribution is 6.30. The van der Waals surface area contributed by atoms with Crippen molar-refractivity contribution in [1.29, 1.82) is 0 Å². The second kappa shape index (κ2) is 8.62. The molecule has 0 aliphatic carbocycles. The van der Waals surface area contributed by atoms with E-state index in [2.05, 4.69) is 12.1 Å². The number of carbonyl (C=O) groups excluding carboxylic acids is 2. The number of nitrogens with zero attached hydrogens (tertiary/aromatic N) is 1. The first-order valence-corrected chi connectivity index (χ1v) is 10.2. The summed E-state index contributed by atoms with van der Waals surface area (Å²) < 4.78 is 0. The number of piperidine rings is 1. The minimum absolute atomic E-state index is 0.000204. The average molecular weight is 404 g/mol. The minimum atomic E-state index is -0.0353. The Bertz CT molecular complexity index is 989. The molecular weight excluding hydrogens is 382 g/mol. The van der Waals surface area contributed by atoms with Gasteiger partial charge < -0.3 is 4.90 Å². The van der Waals surface area contributed by atoms with Gasteiger partial charge in [0.05, 0.1) is 0 Å². The third-order valence-electron chi connectivity index (χ3n) is 5.52. The molecule has 0 saturated carbocycles. The van der Waals surface area contributed by atoms with E-state index in [0.29, 0.717) is 36.5 Å². The molecule has 4 heteroatoms. The Balaban J connectivity index is 1.37. The maximum Gasteiger partial charge on any atom is 0.253 e. The highest BCUT2D eigenvalue weighted by atomic mass is 35.5. The summed E-state index contributed by atoms with van der Waals surface area (Å²) in [5.74, 6) is 0.134. The van der Waals surface area contributed by atoms with Crippen molar-refractivity contribution in [2.45, 2.75) is 12.8 Å². The van der Waals surface area contributed by atoms with Crippen LogP contribution in [0.15, 0.2) is 78.9 Å². The van der Waals surface area contributed by atoms with Gasteiger partial charge in [-0.15, -0.1) is 0 Å². The van der Waals surface area contributed by atoms with Crippen molar-refractivity contribution in [2.24, 2.45) is 5.92 Å². The number of halogens is 1. The standard InChI is InChI=1S/C25H22ClNO2/c26-23-12-10-22(11-13-23)25(29)27-16-14-21(15-17-27)24(28)20-8-6-19(7-9-20)18-4-2-1-3-5-18/h1-13,21H,14-17H2. The van der Waals surface area contributed by atoms with E-state index in [4.69, 9.17) is 11.6 Å². The van der Waals surface area contributed by atoms with E-state index in [-0.39, 0.29) is 17.6 Å². The highest BCUT2D eigenvalue weighted by Crippen LogP contribution is 2.25. The van der Waals surface area contributed by atoms with Crippen molar-refractivity contribution < 1.29 is 9.59 Å². The molecule has 3 aromatic rings. The fourth-order valence-corrected chi connectivity index (χ4v) is 3.94. The van der Waals surface area contributed by atoms with Gasteiger partial charge in [-0.25, -0.2) is 0 Å². The molecule has 29 heavy (non-hydrogen) atoms. The molecule has 0 bridgehead atoms. The first-order chi connectivity index (χ1) is 14.1. The zero-order chi connectivity index (χ0) is 20.2. The average Bonchev–Trinajstić information content (AvgIpc) is 2.79. The summed E-state index contributed by atoms with van der Waals surface area (Å²) in [7, 11) is 0. The summed E-state index contributed by atoms with van der Waals surface area (Å²) in [5.41, 5.74) is 3.62. The zero-order valence-electron chi connectivity index (χ0n) is 16.1. The van der Waals surface area contributed by atoms with E-state index in [1.54, 1.807) is 24.3 Å². The molecule has 0 spiro atoms. The molecule has 1 fully saturated rings.